The van der Waals surface area contributed by atoms with Crippen LogP contribution in [-0.4, -0.2) is 16.6 Å². The molecular weight excluding hydrogens is 331 g/mol. The highest BCUT2D eigenvalue weighted by Gasteiger charge is 2.36. The lowest BCUT2D eigenvalue weighted by molar-refractivity contribution is -0.138. The van der Waals surface area contributed by atoms with Crippen LogP contribution in [0, 0.1) is 18.3 Å². The number of hydrogen-bond donors (Lipinski definition) is 1. The number of thioether (sulfide) groups is 1. The van der Waals surface area contributed by atoms with Crippen molar-refractivity contribution in [3.05, 3.63) is 35.1 Å². The van der Waals surface area contributed by atoms with Crippen LogP contribution in [-0.2, 0) is 11.0 Å². The normalized spacial score (nSPS) is 11.3. The summed E-state index contributed by atoms with van der Waals surface area (Å²) in [6.45, 7) is 1.64. The third kappa shape index (κ3) is 3.84. The summed E-state index contributed by atoms with van der Waals surface area (Å²) in [7, 11) is 0. The van der Waals surface area contributed by atoms with Gasteiger partial charge in [-0.2, -0.15) is 18.4 Å². The standard InChI is InChI=1S/C14H10F3N3O2S/c1-7-2-3-11(22-7)10-4-9(14(15,16)17)8(5-18)13(20-10)23-6-12(19)21/h2-4H,6H2,1H3,(H2,19,21). The second-order valence-corrected chi connectivity index (χ2v) is 5.47. The zero-order valence-electron chi connectivity index (χ0n) is 11.8. The Morgan fingerprint density at radius 3 is 2.65 bits per heavy atom. The highest BCUT2D eigenvalue weighted by atomic mass is 32.2. The SMILES string of the molecule is Cc1ccc(-c2cc(C(F)(F)F)c(C#N)c(SCC(N)=O)n2)o1. The van der Waals surface area contributed by atoms with Gasteiger partial charge in [-0.1, -0.05) is 11.8 Å². The van der Waals surface area contributed by atoms with E-state index in [9.17, 15) is 18.0 Å². The minimum Gasteiger partial charge on any atom is -0.460 e. The van der Waals surface area contributed by atoms with E-state index in [0.29, 0.717) is 17.5 Å². The zero-order chi connectivity index (χ0) is 17.2. The summed E-state index contributed by atoms with van der Waals surface area (Å²) in [4.78, 5) is 14.9. The maximum Gasteiger partial charge on any atom is 0.417 e. The molecule has 120 valence electrons. The molecule has 0 aliphatic rings. The van der Waals surface area contributed by atoms with Crippen molar-refractivity contribution in [2.75, 3.05) is 5.75 Å². The van der Waals surface area contributed by atoms with E-state index in [0.717, 1.165) is 6.07 Å². The van der Waals surface area contributed by atoms with Crippen LogP contribution < -0.4 is 5.73 Å². The number of amides is 1. The number of nitriles is 1. The molecule has 0 spiro atoms. The van der Waals surface area contributed by atoms with Gasteiger partial charge in [-0.25, -0.2) is 4.98 Å². The quantitative estimate of drug-likeness (QED) is 0.863. The number of aromatic nitrogens is 1. The number of rotatable bonds is 4. The first-order valence-electron chi connectivity index (χ1n) is 6.22. The van der Waals surface area contributed by atoms with Crippen molar-refractivity contribution >= 4 is 17.7 Å². The van der Waals surface area contributed by atoms with E-state index in [4.69, 9.17) is 15.4 Å². The number of alkyl halides is 3. The van der Waals surface area contributed by atoms with Gasteiger partial charge in [-0.3, -0.25) is 4.79 Å². The van der Waals surface area contributed by atoms with Crippen LogP contribution in [0.25, 0.3) is 11.5 Å². The molecule has 2 heterocycles. The number of nitrogens with two attached hydrogens (primary N) is 1. The number of primary amides is 1. The van der Waals surface area contributed by atoms with E-state index in [1.54, 1.807) is 13.0 Å². The first-order valence-corrected chi connectivity index (χ1v) is 7.21. The Balaban J connectivity index is 2.63. The third-order valence-electron chi connectivity index (χ3n) is 2.75. The minimum atomic E-state index is -4.74. The molecule has 9 heteroatoms. The number of halogens is 3. The Kier molecular flexibility index (Phi) is 4.65. The van der Waals surface area contributed by atoms with Crippen LogP contribution in [0.2, 0.25) is 0 Å². The van der Waals surface area contributed by atoms with Crippen molar-refractivity contribution in [2.24, 2.45) is 5.73 Å². The fraction of sp³-hybridized carbons (Fsp3) is 0.214. The molecule has 2 N–H and O–H groups in total. The fourth-order valence-electron chi connectivity index (χ4n) is 1.80. The molecular formula is C14H10F3N3O2S. The molecule has 0 aromatic carbocycles. The molecule has 0 saturated carbocycles. The molecule has 2 aromatic heterocycles. The van der Waals surface area contributed by atoms with E-state index >= 15 is 0 Å². The second-order valence-electron chi connectivity index (χ2n) is 4.51. The molecule has 0 bridgehead atoms. The first-order chi connectivity index (χ1) is 10.7. The van der Waals surface area contributed by atoms with Crippen molar-refractivity contribution in [1.82, 2.24) is 4.98 Å². The van der Waals surface area contributed by atoms with Crippen molar-refractivity contribution in [1.29, 1.82) is 5.26 Å². The lowest BCUT2D eigenvalue weighted by Crippen LogP contribution is -2.14. The topological polar surface area (TPSA) is 92.9 Å². The number of hydrogen-bond acceptors (Lipinski definition) is 5. The van der Waals surface area contributed by atoms with Gasteiger partial charge >= 0.3 is 6.18 Å². The predicted molar refractivity (Wildman–Crippen MR) is 76.3 cm³/mol. The van der Waals surface area contributed by atoms with Crippen molar-refractivity contribution in [3.8, 4) is 17.5 Å². The number of pyridine rings is 1. The lowest BCUT2D eigenvalue weighted by atomic mass is 10.1. The van der Waals surface area contributed by atoms with Crippen LogP contribution in [0.15, 0.2) is 27.6 Å². The largest absolute Gasteiger partial charge is 0.460 e. The van der Waals surface area contributed by atoms with Gasteiger partial charge in [0.05, 0.1) is 16.9 Å². The van der Waals surface area contributed by atoms with Crippen LogP contribution in [0.3, 0.4) is 0 Å². The van der Waals surface area contributed by atoms with E-state index in [2.05, 4.69) is 4.98 Å². The molecule has 0 aliphatic carbocycles. The first kappa shape index (κ1) is 16.9. The van der Waals surface area contributed by atoms with Crippen LogP contribution >= 0.6 is 11.8 Å². The summed E-state index contributed by atoms with van der Waals surface area (Å²) in [6.07, 6.45) is -4.74. The van der Waals surface area contributed by atoms with Gasteiger partial charge in [-0.05, 0) is 25.1 Å². The number of aryl methyl sites for hydroxylation is 1. The fourth-order valence-corrected chi connectivity index (χ4v) is 2.54. The summed E-state index contributed by atoms with van der Waals surface area (Å²) >= 11 is 0.676. The molecule has 0 aliphatic heterocycles. The maximum atomic E-state index is 13.2. The Labute approximate surface area is 133 Å². The molecule has 2 aromatic rings. The molecule has 0 fully saturated rings. The van der Waals surface area contributed by atoms with Crippen LogP contribution in [0.5, 0.6) is 0 Å². The van der Waals surface area contributed by atoms with E-state index in [1.165, 1.54) is 12.1 Å². The smallest absolute Gasteiger partial charge is 0.417 e. The monoisotopic (exact) mass is 341 g/mol. The van der Waals surface area contributed by atoms with E-state index in [-0.39, 0.29) is 22.2 Å². The van der Waals surface area contributed by atoms with Crippen molar-refractivity contribution in [2.45, 2.75) is 18.1 Å². The molecule has 2 rings (SSSR count). The average molecular weight is 341 g/mol. The van der Waals surface area contributed by atoms with E-state index < -0.39 is 23.2 Å². The van der Waals surface area contributed by atoms with Gasteiger partial charge in [0.25, 0.3) is 0 Å². The summed E-state index contributed by atoms with van der Waals surface area (Å²) < 4.78 is 44.9. The van der Waals surface area contributed by atoms with E-state index in [1.807, 2.05) is 0 Å². The van der Waals surface area contributed by atoms with Gasteiger partial charge < -0.3 is 10.2 Å². The molecule has 23 heavy (non-hydrogen) atoms. The van der Waals surface area contributed by atoms with Gasteiger partial charge in [0.2, 0.25) is 5.91 Å². The predicted octanol–water partition coefficient (Wildman–Crippen LogP) is 3.12. The maximum absolute atomic E-state index is 13.2. The second kappa shape index (κ2) is 6.34. The Morgan fingerprint density at radius 1 is 1.48 bits per heavy atom. The minimum absolute atomic E-state index is 0.0728. The lowest BCUT2D eigenvalue weighted by Gasteiger charge is -2.13. The molecule has 0 unspecified atom stereocenters. The number of furan rings is 1. The Bertz CT molecular complexity index is 794. The Hall–Kier alpha value is -2.47. The summed E-state index contributed by atoms with van der Waals surface area (Å²) in [5.41, 5.74) is 3.15. The molecule has 1 amide bonds. The van der Waals surface area contributed by atoms with Gasteiger partial charge in [0.15, 0.2) is 5.76 Å². The molecule has 0 saturated heterocycles. The van der Waals surface area contributed by atoms with Crippen LogP contribution in [0.4, 0.5) is 13.2 Å². The average Bonchev–Trinajstić information content (AvgIpc) is 2.89. The summed E-state index contributed by atoms with van der Waals surface area (Å²) in [5, 5.41) is 8.83. The number of nitrogens with zero attached hydrogens (tertiary/aromatic N) is 2. The highest BCUT2D eigenvalue weighted by Crippen LogP contribution is 2.38. The Morgan fingerprint density at radius 2 is 2.17 bits per heavy atom. The summed E-state index contributed by atoms with van der Waals surface area (Å²) in [6, 6.07) is 5.31. The van der Waals surface area contributed by atoms with Crippen molar-refractivity contribution in [3.63, 3.8) is 0 Å². The van der Waals surface area contributed by atoms with Crippen molar-refractivity contribution < 1.29 is 22.4 Å². The number of carbonyl (C=O) groups excluding carboxylic acids is 1. The highest BCUT2D eigenvalue weighted by molar-refractivity contribution is 8.00. The van der Waals surface area contributed by atoms with Gasteiger partial charge in [-0.15, -0.1) is 0 Å². The summed E-state index contributed by atoms with van der Waals surface area (Å²) in [5.74, 6) is -0.377. The van der Waals surface area contributed by atoms with Gasteiger partial charge in [0.1, 0.15) is 22.5 Å². The molecule has 0 radical (unpaired) electrons. The molecule has 5 nitrogen and oxygen atoms in total. The zero-order valence-corrected chi connectivity index (χ0v) is 12.6. The molecule has 0 atom stereocenters. The number of carbonyl (C=O) groups is 1. The van der Waals surface area contributed by atoms with Crippen LogP contribution in [0.1, 0.15) is 16.9 Å². The van der Waals surface area contributed by atoms with Gasteiger partial charge in [0, 0.05) is 0 Å². The third-order valence-corrected chi connectivity index (χ3v) is 3.75.